The Morgan fingerprint density at radius 1 is 1.03 bits per heavy atom. The van der Waals surface area contributed by atoms with E-state index >= 15 is 0 Å². The Bertz CT molecular complexity index is 1060. The third kappa shape index (κ3) is 4.07. The first-order valence-electron chi connectivity index (χ1n) is 10.2. The van der Waals surface area contributed by atoms with Gasteiger partial charge in [0.2, 0.25) is 0 Å². The maximum atomic E-state index is 14.6. The summed E-state index contributed by atoms with van der Waals surface area (Å²) >= 11 is 0. The maximum Gasteiger partial charge on any atom is 0.162 e. The monoisotopic (exact) mass is 404 g/mol. The lowest BCUT2D eigenvalue weighted by Crippen LogP contribution is -2.33. The van der Waals surface area contributed by atoms with E-state index in [1.165, 1.54) is 6.07 Å². The molecule has 1 heterocycles. The highest BCUT2D eigenvalue weighted by Crippen LogP contribution is 2.39. The Labute approximate surface area is 176 Å². The molecule has 0 saturated heterocycles. The number of halogens is 1. The fourth-order valence-electron chi connectivity index (χ4n) is 3.78. The third-order valence-electron chi connectivity index (χ3n) is 5.33. The molecular weight excluding hydrogens is 379 g/mol. The van der Waals surface area contributed by atoms with Gasteiger partial charge in [0.1, 0.15) is 12.0 Å². The van der Waals surface area contributed by atoms with Gasteiger partial charge in [0.15, 0.2) is 11.5 Å². The maximum absolute atomic E-state index is 14.6. The number of aliphatic imine (C=N–C) groups is 1. The van der Waals surface area contributed by atoms with Crippen molar-refractivity contribution < 1.29 is 14.2 Å². The standard InChI is InChI=1S/C25H25FN2O2/c1-3-30-23-10-6-8-19(24(23)29)22-15-21(17-13-11-16(2)12-14-17)27-25(28-22)18-7-4-5-9-20(18)26/h4-14,22,25,28-29H,3,15H2,1-2H3/t22-,25-/m1/s1. The number of hydrogen-bond acceptors (Lipinski definition) is 4. The molecule has 0 spiro atoms. The number of benzene rings is 3. The zero-order valence-corrected chi connectivity index (χ0v) is 17.1. The van der Waals surface area contributed by atoms with E-state index < -0.39 is 6.17 Å². The first kappa shape index (κ1) is 20.1. The van der Waals surface area contributed by atoms with E-state index in [9.17, 15) is 9.50 Å². The highest BCUT2D eigenvalue weighted by Gasteiger charge is 2.29. The van der Waals surface area contributed by atoms with Gasteiger partial charge in [-0.25, -0.2) is 4.39 Å². The van der Waals surface area contributed by atoms with Crippen LogP contribution in [0.2, 0.25) is 0 Å². The Kier molecular flexibility index (Phi) is 5.81. The fraction of sp³-hybridized carbons (Fsp3) is 0.240. The van der Waals surface area contributed by atoms with Gasteiger partial charge in [-0.2, -0.15) is 0 Å². The Morgan fingerprint density at radius 2 is 1.77 bits per heavy atom. The Hall–Kier alpha value is -3.18. The lowest BCUT2D eigenvalue weighted by atomic mass is 9.93. The average Bonchev–Trinajstić information content (AvgIpc) is 2.76. The highest BCUT2D eigenvalue weighted by atomic mass is 19.1. The molecule has 4 rings (SSSR count). The van der Waals surface area contributed by atoms with Gasteiger partial charge in [0.05, 0.1) is 6.61 Å². The summed E-state index contributed by atoms with van der Waals surface area (Å²) < 4.78 is 20.1. The largest absolute Gasteiger partial charge is 0.504 e. The minimum absolute atomic E-state index is 0.106. The highest BCUT2D eigenvalue weighted by molar-refractivity contribution is 6.01. The molecule has 0 aromatic heterocycles. The van der Waals surface area contributed by atoms with Gasteiger partial charge in [-0.3, -0.25) is 10.3 Å². The molecule has 5 heteroatoms. The van der Waals surface area contributed by atoms with Gasteiger partial charge in [0, 0.05) is 29.3 Å². The second-order valence-corrected chi connectivity index (χ2v) is 7.42. The lowest BCUT2D eigenvalue weighted by molar-refractivity contribution is 0.313. The molecule has 30 heavy (non-hydrogen) atoms. The summed E-state index contributed by atoms with van der Waals surface area (Å²) in [7, 11) is 0. The SMILES string of the molecule is CCOc1cccc([C@H]2CC(c3ccc(C)cc3)=N[C@@H](c3ccccc3F)N2)c1O. The van der Waals surface area contributed by atoms with Crippen LogP contribution in [0.15, 0.2) is 71.7 Å². The van der Waals surface area contributed by atoms with E-state index in [1.54, 1.807) is 24.3 Å². The van der Waals surface area contributed by atoms with Gasteiger partial charge in [-0.15, -0.1) is 0 Å². The van der Waals surface area contributed by atoms with Crippen LogP contribution in [0.5, 0.6) is 11.5 Å². The molecule has 4 nitrogen and oxygen atoms in total. The molecule has 1 aliphatic heterocycles. The number of aryl methyl sites for hydroxylation is 1. The molecule has 0 unspecified atom stereocenters. The van der Waals surface area contributed by atoms with Crippen molar-refractivity contribution in [2.45, 2.75) is 32.5 Å². The third-order valence-corrected chi connectivity index (χ3v) is 5.33. The zero-order valence-electron chi connectivity index (χ0n) is 17.1. The second kappa shape index (κ2) is 8.67. The van der Waals surface area contributed by atoms with Crippen LogP contribution in [0.4, 0.5) is 4.39 Å². The number of ether oxygens (including phenoxy) is 1. The van der Waals surface area contributed by atoms with E-state index in [0.717, 1.165) is 16.8 Å². The van der Waals surface area contributed by atoms with Crippen LogP contribution in [0.3, 0.4) is 0 Å². The van der Waals surface area contributed by atoms with Gasteiger partial charge >= 0.3 is 0 Å². The first-order chi connectivity index (χ1) is 14.6. The molecule has 1 aliphatic rings. The number of phenolic OH excluding ortho intramolecular Hbond substituents is 1. The number of rotatable bonds is 5. The normalized spacial score (nSPS) is 18.7. The molecule has 0 bridgehead atoms. The van der Waals surface area contributed by atoms with Crippen molar-refractivity contribution in [3.63, 3.8) is 0 Å². The average molecular weight is 404 g/mol. The number of hydrogen-bond donors (Lipinski definition) is 2. The van der Waals surface area contributed by atoms with Crippen molar-refractivity contribution >= 4 is 5.71 Å². The second-order valence-electron chi connectivity index (χ2n) is 7.42. The molecule has 154 valence electrons. The first-order valence-corrected chi connectivity index (χ1v) is 10.2. The number of nitrogens with zero attached hydrogens (tertiary/aromatic N) is 1. The van der Waals surface area contributed by atoms with E-state index in [4.69, 9.17) is 9.73 Å². The van der Waals surface area contributed by atoms with E-state index in [-0.39, 0.29) is 17.6 Å². The molecule has 0 aliphatic carbocycles. The van der Waals surface area contributed by atoms with Crippen molar-refractivity contribution in [2.24, 2.45) is 4.99 Å². The molecule has 0 radical (unpaired) electrons. The van der Waals surface area contributed by atoms with Crippen molar-refractivity contribution in [2.75, 3.05) is 6.61 Å². The van der Waals surface area contributed by atoms with Crippen LogP contribution in [0.1, 0.15) is 47.8 Å². The van der Waals surface area contributed by atoms with Crippen molar-refractivity contribution in [3.8, 4) is 11.5 Å². The topological polar surface area (TPSA) is 53.8 Å². The van der Waals surface area contributed by atoms with Crippen LogP contribution < -0.4 is 10.1 Å². The molecule has 0 fully saturated rings. The van der Waals surface area contributed by atoms with Gasteiger partial charge < -0.3 is 9.84 Å². The summed E-state index contributed by atoms with van der Waals surface area (Å²) in [6.07, 6.45) is 0.00773. The summed E-state index contributed by atoms with van der Waals surface area (Å²) in [5.74, 6) is 0.239. The Balaban J connectivity index is 1.77. The molecule has 3 aromatic carbocycles. The van der Waals surface area contributed by atoms with E-state index in [0.29, 0.717) is 29.9 Å². The molecule has 2 atom stereocenters. The van der Waals surface area contributed by atoms with Gasteiger partial charge in [-0.05, 0) is 31.5 Å². The van der Waals surface area contributed by atoms with E-state index in [1.807, 2.05) is 50.2 Å². The lowest BCUT2D eigenvalue weighted by Gasteiger charge is -2.31. The summed E-state index contributed by atoms with van der Waals surface area (Å²) in [6.45, 7) is 4.38. The van der Waals surface area contributed by atoms with Crippen LogP contribution in [-0.2, 0) is 0 Å². The summed E-state index contributed by atoms with van der Waals surface area (Å²) in [4.78, 5) is 4.83. The van der Waals surface area contributed by atoms with Gasteiger partial charge in [-0.1, -0.05) is 60.2 Å². The zero-order chi connectivity index (χ0) is 21.1. The molecule has 0 saturated carbocycles. The molecule has 2 N–H and O–H groups in total. The van der Waals surface area contributed by atoms with Crippen molar-refractivity contribution in [1.29, 1.82) is 0 Å². The van der Waals surface area contributed by atoms with Crippen LogP contribution >= 0.6 is 0 Å². The molecule has 0 amide bonds. The van der Waals surface area contributed by atoms with Crippen LogP contribution in [0.25, 0.3) is 0 Å². The quantitative estimate of drug-likeness (QED) is 0.594. The van der Waals surface area contributed by atoms with Crippen molar-refractivity contribution in [1.82, 2.24) is 5.32 Å². The number of para-hydroxylation sites is 1. The van der Waals surface area contributed by atoms with Crippen LogP contribution in [-0.4, -0.2) is 17.4 Å². The summed E-state index contributed by atoms with van der Waals surface area (Å²) in [5.41, 5.74) is 4.22. The number of phenols is 1. The smallest absolute Gasteiger partial charge is 0.162 e. The Morgan fingerprint density at radius 3 is 2.50 bits per heavy atom. The number of nitrogens with one attached hydrogen (secondary N) is 1. The summed E-state index contributed by atoms with van der Waals surface area (Å²) in [5, 5.41) is 14.2. The predicted molar refractivity (Wildman–Crippen MR) is 117 cm³/mol. The minimum Gasteiger partial charge on any atom is -0.504 e. The molecular formula is C25H25FN2O2. The van der Waals surface area contributed by atoms with Gasteiger partial charge in [0.25, 0.3) is 0 Å². The minimum atomic E-state index is -0.559. The fourth-order valence-corrected chi connectivity index (χ4v) is 3.78. The van der Waals surface area contributed by atoms with Crippen LogP contribution in [0, 0.1) is 12.7 Å². The summed E-state index contributed by atoms with van der Waals surface area (Å²) in [6, 6.07) is 20.0. The predicted octanol–water partition coefficient (Wildman–Crippen LogP) is 5.46. The van der Waals surface area contributed by atoms with Crippen molar-refractivity contribution in [3.05, 3.63) is 94.8 Å². The number of aromatic hydroxyl groups is 1. The van der Waals surface area contributed by atoms with E-state index in [2.05, 4.69) is 5.32 Å². The molecule has 3 aromatic rings.